The predicted molar refractivity (Wildman–Crippen MR) is 57.2 cm³/mol. The van der Waals surface area contributed by atoms with Gasteiger partial charge >= 0.3 is 0 Å². The molecule has 0 aromatic heterocycles. The normalized spacial score (nSPS) is 28.7. The Kier molecular flexibility index (Phi) is 4.03. The van der Waals surface area contributed by atoms with Crippen LogP contribution in [0, 0.1) is 0 Å². The molecule has 2 unspecified atom stereocenters. The van der Waals surface area contributed by atoms with Crippen LogP contribution < -0.4 is 5.32 Å². The van der Waals surface area contributed by atoms with Crippen LogP contribution in [0.4, 0.5) is 0 Å². The third kappa shape index (κ3) is 2.21. The van der Waals surface area contributed by atoms with Crippen LogP contribution in [0.5, 0.6) is 0 Å². The smallest absolute Gasteiger partial charge is 0.0790 e. The fourth-order valence-electron chi connectivity index (χ4n) is 1.89. The lowest BCUT2D eigenvalue weighted by Gasteiger charge is -2.34. The zero-order chi connectivity index (χ0) is 7.52. The summed E-state index contributed by atoms with van der Waals surface area (Å²) in [5, 5.41) is 3.54. The molecule has 0 aliphatic carbocycles. The average molecular weight is 186 g/mol. The van der Waals surface area contributed by atoms with Crippen LogP contribution in [0.2, 0.25) is 0 Å². The third-order valence-corrected chi connectivity index (χ3v) is 2.52. The van der Waals surface area contributed by atoms with E-state index in [1.54, 1.807) is 0 Å². The van der Waals surface area contributed by atoms with Crippen LogP contribution in [0.1, 0.15) is 25.7 Å². The second-order valence-corrected chi connectivity index (χ2v) is 3.38. The maximum absolute atomic E-state index is 3.54. The number of allylic oxidation sites excluding steroid dienone is 1. The largest absolute Gasteiger partial charge is 0.362 e. The van der Waals surface area contributed by atoms with Gasteiger partial charge in [-0.05, 0) is 38.4 Å². The first-order valence-electron chi connectivity index (χ1n) is 4.62. The first-order chi connectivity index (χ1) is 5.47. The Hall–Kier alpha value is -0.0700. The Balaban J connectivity index is 0.000000720. The van der Waals surface area contributed by atoms with Crippen LogP contribution in [-0.4, -0.2) is 24.2 Å². The Labute approximate surface area is 78.0 Å². The highest BCUT2D eigenvalue weighted by molar-refractivity contribution is 6.92. The molecule has 3 heteroatoms. The molecule has 2 atom stereocenters. The Bertz CT molecular complexity index is 159. The summed E-state index contributed by atoms with van der Waals surface area (Å²) in [6, 6.07) is 0. The van der Waals surface area contributed by atoms with Crippen LogP contribution in [0.3, 0.4) is 0 Å². The standard InChI is InChI=1S/C9H16N2.H3P/c1-2-5-9-10-6-4-8-11(9)7-3-1;/h3,7,9-10H,1-2,4-6,8H2;1H3. The van der Waals surface area contributed by atoms with Gasteiger partial charge in [0.1, 0.15) is 0 Å². The Morgan fingerprint density at radius 3 is 3.17 bits per heavy atom. The van der Waals surface area contributed by atoms with E-state index in [-0.39, 0.29) is 9.90 Å². The number of nitrogens with zero attached hydrogens (tertiary/aromatic N) is 1. The van der Waals surface area contributed by atoms with Gasteiger partial charge < -0.3 is 4.90 Å². The second-order valence-electron chi connectivity index (χ2n) is 3.38. The molecule has 0 radical (unpaired) electrons. The quantitative estimate of drug-likeness (QED) is 0.575. The first kappa shape index (κ1) is 10.0. The lowest BCUT2D eigenvalue weighted by atomic mass is 10.2. The number of rotatable bonds is 0. The predicted octanol–water partition coefficient (Wildman–Crippen LogP) is 1.36. The van der Waals surface area contributed by atoms with E-state index in [1.807, 2.05) is 0 Å². The zero-order valence-electron chi connectivity index (χ0n) is 7.63. The molecule has 0 spiro atoms. The maximum Gasteiger partial charge on any atom is 0.0790 e. The van der Waals surface area contributed by atoms with E-state index < -0.39 is 0 Å². The van der Waals surface area contributed by atoms with Crippen LogP contribution in [-0.2, 0) is 0 Å². The van der Waals surface area contributed by atoms with Crippen molar-refractivity contribution in [3.63, 3.8) is 0 Å². The molecular weight excluding hydrogens is 167 g/mol. The number of nitrogens with one attached hydrogen (secondary N) is 1. The maximum atomic E-state index is 3.54. The molecule has 0 saturated carbocycles. The SMILES string of the molecule is C1=CN2CCCNC2CCC1.P. The summed E-state index contributed by atoms with van der Waals surface area (Å²) in [4.78, 5) is 2.44. The van der Waals surface area contributed by atoms with Crippen molar-refractivity contribution in [1.82, 2.24) is 10.2 Å². The molecule has 2 nitrogen and oxygen atoms in total. The van der Waals surface area contributed by atoms with Crippen molar-refractivity contribution >= 4 is 9.90 Å². The average Bonchev–Trinajstić information content (AvgIpc) is 2.28. The molecule has 2 aliphatic rings. The fraction of sp³-hybridized carbons (Fsp3) is 0.778. The molecule has 0 bridgehead atoms. The molecule has 70 valence electrons. The molecule has 2 aliphatic heterocycles. The van der Waals surface area contributed by atoms with Crippen molar-refractivity contribution in [2.75, 3.05) is 13.1 Å². The van der Waals surface area contributed by atoms with Gasteiger partial charge in [0, 0.05) is 6.54 Å². The van der Waals surface area contributed by atoms with Gasteiger partial charge in [-0.2, -0.15) is 9.90 Å². The van der Waals surface area contributed by atoms with E-state index in [4.69, 9.17) is 0 Å². The number of hydrogen-bond donors (Lipinski definition) is 1. The molecule has 12 heavy (non-hydrogen) atoms. The van der Waals surface area contributed by atoms with Gasteiger partial charge in [0.2, 0.25) is 0 Å². The summed E-state index contributed by atoms with van der Waals surface area (Å²) in [7, 11) is 0. The zero-order valence-corrected chi connectivity index (χ0v) is 9.04. The summed E-state index contributed by atoms with van der Waals surface area (Å²) in [5.41, 5.74) is 0. The van der Waals surface area contributed by atoms with Gasteiger partial charge in [-0.1, -0.05) is 6.08 Å². The molecule has 0 aromatic rings. The van der Waals surface area contributed by atoms with E-state index in [2.05, 4.69) is 22.5 Å². The first-order valence-corrected chi connectivity index (χ1v) is 4.62. The fourth-order valence-corrected chi connectivity index (χ4v) is 1.89. The second kappa shape index (κ2) is 4.84. The van der Waals surface area contributed by atoms with Gasteiger partial charge in [-0.3, -0.25) is 5.32 Å². The third-order valence-electron chi connectivity index (χ3n) is 2.52. The molecule has 0 aromatic carbocycles. The van der Waals surface area contributed by atoms with Crippen LogP contribution in [0.25, 0.3) is 0 Å². The minimum Gasteiger partial charge on any atom is -0.362 e. The van der Waals surface area contributed by atoms with E-state index in [0.717, 1.165) is 0 Å². The lowest BCUT2D eigenvalue weighted by molar-refractivity contribution is 0.184. The molecule has 1 N–H and O–H groups in total. The lowest BCUT2D eigenvalue weighted by Crippen LogP contribution is -2.48. The minimum absolute atomic E-state index is 0. The molecule has 2 rings (SSSR count). The van der Waals surface area contributed by atoms with Crippen molar-refractivity contribution in [3.8, 4) is 0 Å². The summed E-state index contributed by atoms with van der Waals surface area (Å²) < 4.78 is 0. The molecular formula is C9H19N2P. The molecule has 2 heterocycles. The van der Waals surface area contributed by atoms with E-state index in [0.29, 0.717) is 6.17 Å². The van der Waals surface area contributed by atoms with Crippen LogP contribution >= 0.6 is 9.90 Å². The van der Waals surface area contributed by atoms with E-state index >= 15 is 0 Å². The van der Waals surface area contributed by atoms with E-state index in [9.17, 15) is 0 Å². The van der Waals surface area contributed by atoms with Gasteiger partial charge in [0.05, 0.1) is 6.17 Å². The summed E-state index contributed by atoms with van der Waals surface area (Å²) in [6.45, 7) is 2.45. The monoisotopic (exact) mass is 186 g/mol. The van der Waals surface area contributed by atoms with Gasteiger partial charge in [-0.15, -0.1) is 0 Å². The number of fused-ring (bicyclic) bond motifs is 1. The minimum atomic E-state index is 0. The molecule has 0 amide bonds. The highest BCUT2D eigenvalue weighted by atomic mass is 31.0. The van der Waals surface area contributed by atoms with Crippen molar-refractivity contribution in [2.24, 2.45) is 0 Å². The van der Waals surface area contributed by atoms with Gasteiger partial charge in [-0.25, -0.2) is 0 Å². The Morgan fingerprint density at radius 2 is 2.25 bits per heavy atom. The Morgan fingerprint density at radius 1 is 1.33 bits per heavy atom. The highest BCUT2D eigenvalue weighted by Crippen LogP contribution is 2.15. The van der Waals surface area contributed by atoms with Crippen molar-refractivity contribution in [2.45, 2.75) is 31.8 Å². The van der Waals surface area contributed by atoms with Crippen molar-refractivity contribution in [1.29, 1.82) is 0 Å². The number of hydrogen-bond acceptors (Lipinski definition) is 2. The highest BCUT2D eigenvalue weighted by Gasteiger charge is 2.19. The van der Waals surface area contributed by atoms with Gasteiger partial charge in [0.15, 0.2) is 0 Å². The summed E-state index contributed by atoms with van der Waals surface area (Å²) in [6.07, 6.45) is 10.4. The molecule has 1 saturated heterocycles. The van der Waals surface area contributed by atoms with Crippen LogP contribution in [0.15, 0.2) is 12.3 Å². The topological polar surface area (TPSA) is 15.3 Å². The summed E-state index contributed by atoms with van der Waals surface area (Å²) >= 11 is 0. The van der Waals surface area contributed by atoms with Crippen molar-refractivity contribution in [3.05, 3.63) is 12.3 Å². The summed E-state index contributed by atoms with van der Waals surface area (Å²) in [5.74, 6) is 0. The van der Waals surface area contributed by atoms with Gasteiger partial charge in [0.25, 0.3) is 0 Å². The molecule has 1 fully saturated rings. The van der Waals surface area contributed by atoms with E-state index in [1.165, 1.54) is 38.8 Å². The van der Waals surface area contributed by atoms with Crippen molar-refractivity contribution < 1.29 is 0 Å².